The maximum atomic E-state index is 11.7. The minimum atomic E-state index is -0.109. The normalized spacial score (nSPS) is 10.6. The minimum absolute atomic E-state index is 0.109. The molecule has 0 aliphatic carbocycles. The van der Waals surface area contributed by atoms with Crippen LogP contribution in [-0.2, 0) is 4.79 Å². The first kappa shape index (κ1) is 17.8. The molecule has 0 aliphatic rings. The van der Waals surface area contributed by atoms with E-state index in [4.69, 9.17) is 16.3 Å². The predicted octanol–water partition coefficient (Wildman–Crippen LogP) is 3.53. The molecule has 1 aromatic carbocycles. The van der Waals surface area contributed by atoms with Crippen molar-refractivity contribution in [3.05, 3.63) is 35.5 Å². The molecular weight excluding hydrogens is 356 g/mol. The van der Waals surface area contributed by atoms with Gasteiger partial charge in [0.1, 0.15) is 17.3 Å². The Bertz CT molecular complexity index is 956. The summed E-state index contributed by atoms with van der Waals surface area (Å²) in [5, 5.41) is 13.8. The van der Waals surface area contributed by atoms with E-state index in [9.17, 15) is 4.79 Å². The van der Waals surface area contributed by atoms with E-state index in [1.807, 2.05) is 12.1 Å². The first-order chi connectivity index (χ1) is 12.6. The summed E-state index contributed by atoms with van der Waals surface area (Å²) in [6.45, 7) is 1.78. The maximum absolute atomic E-state index is 11.7. The smallest absolute Gasteiger partial charge is 0.224 e. The van der Waals surface area contributed by atoms with Crippen molar-refractivity contribution in [2.24, 2.45) is 0 Å². The van der Waals surface area contributed by atoms with Crippen molar-refractivity contribution in [1.82, 2.24) is 14.6 Å². The number of benzene rings is 1. The number of carbonyl (C=O) groups is 1. The highest BCUT2D eigenvalue weighted by molar-refractivity contribution is 6.32. The van der Waals surface area contributed by atoms with Gasteiger partial charge in [-0.3, -0.25) is 4.79 Å². The van der Waals surface area contributed by atoms with Gasteiger partial charge >= 0.3 is 0 Å². The summed E-state index contributed by atoms with van der Waals surface area (Å²) in [5.74, 6) is 1.67. The van der Waals surface area contributed by atoms with Crippen molar-refractivity contribution >= 4 is 46.2 Å². The quantitative estimate of drug-likeness (QED) is 0.611. The molecule has 0 spiro atoms. The third-order valence-corrected chi connectivity index (χ3v) is 4.05. The van der Waals surface area contributed by atoms with E-state index < -0.39 is 0 Å². The Kier molecular flexibility index (Phi) is 5.13. The topological polar surface area (TPSA) is 92.6 Å². The van der Waals surface area contributed by atoms with Crippen LogP contribution in [0.3, 0.4) is 0 Å². The zero-order valence-corrected chi connectivity index (χ0v) is 15.4. The molecule has 0 radical (unpaired) electrons. The Morgan fingerprint density at radius 3 is 2.85 bits per heavy atom. The van der Waals surface area contributed by atoms with Gasteiger partial charge in [-0.25, -0.2) is 4.98 Å². The number of ether oxygens (including phenoxy) is 1. The lowest BCUT2D eigenvalue weighted by atomic mass is 10.3. The van der Waals surface area contributed by atoms with Gasteiger partial charge < -0.3 is 20.7 Å². The molecule has 0 saturated carbocycles. The summed E-state index contributed by atoms with van der Waals surface area (Å²) in [5.41, 5.74) is 1.73. The molecule has 0 unspecified atom stereocenters. The largest absolute Gasteiger partial charge is 0.493 e. The standard InChI is InChI=1S/C17H19ClN6O2/c1-4-15(25)22-12-9-20-24-14(19-2)8-13(23-17(12)24)21-11-7-5-6-10(18)16(11)26-3/h5-9,19H,4H2,1-3H3,(H,21,23)(H,22,25). The molecule has 136 valence electrons. The molecule has 0 bridgehead atoms. The highest BCUT2D eigenvalue weighted by Crippen LogP contribution is 2.34. The fourth-order valence-electron chi connectivity index (χ4n) is 2.48. The Morgan fingerprint density at radius 1 is 1.35 bits per heavy atom. The first-order valence-corrected chi connectivity index (χ1v) is 8.41. The summed E-state index contributed by atoms with van der Waals surface area (Å²) in [6, 6.07) is 7.20. The molecule has 9 heteroatoms. The van der Waals surface area contributed by atoms with Crippen LogP contribution in [0.25, 0.3) is 5.65 Å². The van der Waals surface area contributed by atoms with E-state index in [-0.39, 0.29) is 5.91 Å². The summed E-state index contributed by atoms with van der Waals surface area (Å²) < 4.78 is 6.97. The van der Waals surface area contributed by atoms with Crippen LogP contribution in [0.1, 0.15) is 13.3 Å². The lowest BCUT2D eigenvalue weighted by molar-refractivity contribution is -0.115. The second kappa shape index (κ2) is 7.49. The molecule has 3 N–H and O–H groups in total. The molecule has 0 aliphatic heterocycles. The van der Waals surface area contributed by atoms with Crippen molar-refractivity contribution in [2.75, 3.05) is 30.1 Å². The van der Waals surface area contributed by atoms with Crippen LogP contribution in [0.5, 0.6) is 5.75 Å². The molecule has 8 nitrogen and oxygen atoms in total. The van der Waals surface area contributed by atoms with Gasteiger partial charge in [-0.15, -0.1) is 0 Å². The number of rotatable bonds is 6. The Hall–Kier alpha value is -3.00. The third-order valence-electron chi connectivity index (χ3n) is 3.76. The van der Waals surface area contributed by atoms with Crippen LogP contribution >= 0.6 is 11.6 Å². The Balaban J connectivity index is 2.05. The Morgan fingerprint density at radius 2 is 2.15 bits per heavy atom. The highest BCUT2D eigenvalue weighted by atomic mass is 35.5. The van der Waals surface area contributed by atoms with Gasteiger partial charge in [0.2, 0.25) is 5.91 Å². The van der Waals surface area contributed by atoms with Gasteiger partial charge in [-0.1, -0.05) is 24.6 Å². The van der Waals surface area contributed by atoms with Crippen molar-refractivity contribution in [2.45, 2.75) is 13.3 Å². The van der Waals surface area contributed by atoms with E-state index in [1.165, 1.54) is 0 Å². The van der Waals surface area contributed by atoms with E-state index in [0.29, 0.717) is 45.9 Å². The van der Waals surface area contributed by atoms with E-state index in [1.54, 1.807) is 43.9 Å². The van der Waals surface area contributed by atoms with Crippen LogP contribution < -0.4 is 20.7 Å². The van der Waals surface area contributed by atoms with Crippen molar-refractivity contribution < 1.29 is 9.53 Å². The number of anilines is 4. The number of amides is 1. The van der Waals surface area contributed by atoms with Crippen LogP contribution in [-0.4, -0.2) is 34.7 Å². The number of hydrogen-bond acceptors (Lipinski definition) is 6. The van der Waals surface area contributed by atoms with Crippen LogP contribution in [0.15, 0.2) is 30.5 Å². The average Bonchev–Trinajstić information content (AvgIpc) is 3.04. The summed E-state index contributed by atoms with van der Waals surface area (Å²) in [6.07, 6.45) is 1.94. The van der Waals surface area contributed by atoms with Crippen LogP contribution in [0, 0.1) is 0 Å². The fourth-order valence-corrected chi connectivity index (χ4v) is 2.74. The lowest BCUT2D eigenvalue weighted by Crippen LogP contribution is -2.10. The van der Waals surface area contributed by atoms with Gasteiger partial charge in [-0.2, -0.15) is 9.61 Å². The molecule has 2 aromatic heterocycles. The molecule has 0 saturated heterocycles. The van der Waals surface area contributed by atoms with Gasteiger partial charge in [0.05, 0.1) is 24.0 Å². The maximum Gasteiger partial charge on any atom is 0.224 e. The van der Waals surface area contributed by atoms with Gasteiger partial charge in [0.25, 0.3) is 0 Å². The minimum Gasteiger partial charge on any atom is -0.493 e. The summed E-state index contributed by atoms with van der Waals surface area (Å²) in [4.78, 5) is 16.3. The average molecular weight is 375 g/mol. The number of nitrogens with zero attached hydrogens (tertiary/aromatic N) is 3. The van der Waals surface area contributed by atoms with E-state index >= 15 is 0 Å². The number of hydrogen-bond donors (Lipinski definition) is 3. The zero-order chi connectivity index (χ0) is 18.7. The number of para-hydroxylation sites is 1. The van der Waals surface area contributed by atoms with E-state index in [2.05, 4.69) is 26.0 Å². The number of aromatic nitrogens is 3. The number of carbonyl (C=O) groups excluding carboxylic acids is 1. The predicted molar refractivity (Wildman–Crippen MR) is 103 cm³/mol. The number of nitrogens with one attached hydrogen (secondary N) is 3. The molecule has 2 heterocycles. The molecule has 3 aromatic rings. The first-order valence-electron chi connectivity index (χ1n) is 8.03. The molecular formula is C17H19ClN6O2. The second-order valence-electron chi connectivity index (χ2n) is 5.42. The third kappa shape index (κ3) is 3.36. The second-order valence-corrected chi connectivity index (χ2v) is 5.82. The lowest BCUT2D eigenvalue weighted by Gasteiger charge is -2.13. The monoisotopic (exact) mass is 374 g/mol. The van der Waals surface area contributed by atoms with Crippen molar-refractivity contribution in [3.63, 3.8) is 0 Å². The van der Waals surface area contributed by atoms with Crippen molar-refractivity contribution in [1.29, 1.82) is 0 Å². The van der Waals surface area contributed by atoms with Crippen LogP contribution in [0.4, 0.5) is 23.0 Å². The zero-order valence-electron chi connectivity index (χ0n) is 14.6. The van der Waals surface area contributed by atoms with Crippen LogP contribution in [0.2, 0.25) is 5.02 Å². The summed E-state index contributed by atoms with van der Waals surface area (Å²) >= 11 is 6.17. The van der Waals surface area contributed by atoms with Crippen molar-refractivity contribution in [3.8, 4) is 5.75 Å². The summed E-state index contributed by atoms with van der Waals surface area (Å²) in [7, 11) is 3.34. The molecule has 0 atom stereocenters. The SMILES string of the molecule is CCC(=O)Nc1cnn2c(NC)cc(Nc3cccc(Cl)c3OC)nc12. The molecule has 1 amide bonds. The Labute approximate surface area is 155 Å². The fraction of sp³-hybridized carbons (Fsp3) is 0.235. The number of halogens is 1. The van der Waals surface area contributed by atoms with Gasteiger partial charge in [0, 0.05) is 19.5 Å². The molecule has 3 rings (SSSR count). The molecule has 0 fully saturated rings. The molecule has 26 heavy (non-hydrogen) atoms. The van der Waals surface area contributed by atoms with E-state index in [0.717, 1.165) is 0 Å². The highest BCUT2D eigenvalue weighted by Gasteiger charge is 2.14. The van der Waals surface area contributed by atoms with Gasteiger partial charge in [0.15, 0.2) is 11.4 Å². The number of methoxy groups -OCH3 is 1. The number of fused-ring (bicyclic) bond motifs is 1. The van der Waals surface area contributed by atoms with Gasteiger partial charge in [-0.05, 0) is 12.1 Å².